The van der Waals surface area contributed by atoms with Crippen molar-refractivity contribution in [2.24, 2.45) is 11.8 Å². The van der Waals surface area contributed by atoms with Crippen molar-refractivity contribution in [3.63, 3.8) is 0 Å². The van der Waals surface area contributed by atoms with Crippen molar-refractivity contribution in [1.82, 2.24) is 4.90 Å². The lowest BCUT2D eigenvalue weighted by Gasteiger charge is -2.26. The van der Waals surface area contributed by atoms with Crippen LogP contribution in [0.15, 0.2) is 18.2 Å². The maximum atomic E-state index is 12.3. The van der Waals surface area contributed by atoms with Crippen LogP contribution in [0, 0.1) is 11.8 Å². The highest BCUT2D eigenvalue weighted by Gasteiger charge is 2.49. The number of hydrogen-bond acceptors (Lipinski definition) is 2. The number of anilines is 1. The highest BCUT2D eigenvalue weighted by atomic mass is 35.5. The average molecular weight is 341 g/mol. The maximum absolute atomic E-state index is 12.3. The average Bonchev–Trinajstić information content (AvgIpc) is 3.32. The summed E-state index contributed by atoms with van der Waals surface area (Å²) in [6.45, 7) is 1.65. The molecule has 1 aromatic carbocycles. The number of halogens is 2. The lowest BCUT2D eigenvalue weighted by molar-refractivity contribution is -0.134. The molecule has 2 aliphatic rings. The molecule has 1 aliphatic heterocycles. The summed E-state index contributed by atoms with van der Waals surface area (Å²) in [7, 11) is 0. The van der Waals surface area contributed by atoms with Crippen LogP contribution in [0.3, 0.4) is 0 Å². The number of amides is 2. The minimum atomic E-state index is -0.246. The highest BCUT2D eigenvalue weighted by molar-refractivity contribution is 6.44. The Morgan fingerprint density at radius 3 is 2.55 bits per heavy atom. The third-order valence-corrected chi connectivity index (χ3v) is 5.14. The van der Waals surface area contributed by atoms with Crippen molar-refractivity contribution >= 4 is 40.7 Å². The fourth-order valence-corrected chi connectivity index (χ4v) is 3.28. The molecular weight excluding hydrogens is 323 g/mol. The smallest absolute Gasteiger partial charge is 0.228 e. The Bertz CT molecular complexity index is 600. The number of carbonyl (C=O) groups excluding carboxylic acids is 2. The van der Waals surface area contributed by atoms with Crippen molar-refractivity contribution in [2.75, 3.05) is 18.4 Å². The van der Waals surface area contributed by atoms with Crippen LogP contribution in [0.4, 0.5) is 5.69 Å². The van der Waals surface area contributed by atoms with Crippen molar-refractivity contribution in [1.29, 1.82) is 0 Å². The van der Waals surface area contributed by atoms with Crippen molar-refractivity contribution in [2.45, 2.75) is 25.7 Å². The van der Waals surface area contributed by atoms with Gasteiger partial charge in [-0.05, 0) is 37.8 Å². The number of piperidine rings is 1. The molecular formula is C16H18Cl2N2O2. The van der Waals surface area contributed by atoms with E-state index in [1.54, 1.807) is 18.2 Å². The second-order valence-corrected chi connectivity index (χ2v) is 6.71. The first kappa shape index (κ1) is 15.6. The molecule has 3 rings (SSSR count). The highest BCUT2D eigenvalue weighted by Crippen LogP contribution is 2.42. The summed E-state index contributed by atoms with van der Waals surface area (Å²) in [6.07, 6.45) is 3.94. The number of likely N-dealkylation sites (tertiary alicyclic amines) is 1. The standard InChI is InChI=1S/C16H18Cl2N2O2/c17-12-5-4-6-13(14(12)18)19-15(21)10-9-11(10)16(22)20-7-2-1-3-8-20/h4-6,10-11H,1-3,7-9H2,(H,19,21). The van der Waals surface area contributed by atoms with Crippen LogP contribution in [0.2, 0.25) is 10.0 Å². The molecule has 1 aromatic rings. The normalized spacial score (nSPS) is 24.0. The van der Waals surface area contributed by atoms with Crippen molar-refractivity contribution in [3.8, 4) is 0 Å². The molecule has 2 unspecified atom stereocenters. The first-order valence-corrected chi connectivity index (χ1v) is 8.37. The van der Waals surface area contributed by atoms with Gasteiger partial charge in [-0.15, -0.1) is 0 Å². The van der Waals surface area contributed by atoms with Gasteiger partial charge in [-0.2, -0.15) is 0 Å². The molecule has 0 radical (unpaired) electrons. The van der Waals surface area contributed by atoms with E-state index in [1.807, 2.05) is 4.90 Å². The molecule has 1 saturated heterocycles. The van der Waals surface area contributed by atoms with Crippen LogP contribution in [0.1, 0.15) is 25.7 Å². The summed E-state index contributed by atoms with van der Waals surface area (Å²) in [5.41, 5.74) is 0.496. The lowest BCUT2D eigenvalue weighted by atomic mass is 10.1. The third kappa shape index (κ3) is 3.23. The Morgan fingerprint density at radius 2 is 1.82 bits per heavy atom. The molecule has 0 aromatic heterocycles. The Kier molecular flexibility index (Phi) is 4.59. The molecule has 0 bridgehead atoms. The number of hydrogen-bond donors (Lipinski definition) is 1. The number of carbonyl (C=O) groups is 2. The second-order valence-electron chi connectivity index (χ2n) is 5.93. The predicted molar refractivity (Wildman–Crippen MR) is 87.1 cm³/mol. The summed E-state index contributed by atoms with van der Waals surface area (Å²) in [5.74, 6) is -0.447. The van der Waals surface area contributed by atoms with Gasteiger partial charge < -0.3 is 10.2 Å². The molecule has 2 atom stereocenters. The quantitative estimate of drug-likeness (QED) is 0.914. The van der Waals surface area contributed by atoms with Crippen LogP contribution in [0.5, 0.6) is 0 Å². The topological polar surface area (TPSA) is 49.4 Å². The summed E-state index contributed by atoms with van der Waals surface area (Å²) < 4.78 is 0. The zero-order valence-corrected chi connectivity index (χ0v) is 13.7. The summed E-state index contributed by atoms with van der Waals surface area (Å²) in [6, 6.07) is 5.10. The molecule has 118 valence electrons. The van der Waals surface area contributed by atoms with E-state index >= 15 is 0 Å². The minimum absolute atomic E-state index is 0.122. The monoisotopic (exact) mass is 340 g/mol. The Morgan fingerprint density at radius 1 is 1.09 bits per heavy atom. The number of nitrogens with one attached hydrogen (secondary N) is 1. The van der Waals surface area contributed by atoms with Gasteiger partial charge in [0, 0.05) is 13.1 Å². The van der Waals surface area contributed by atoms with Gasteiger partial charge in [-0.25, -0.2) is 0 Å². The van der Waals surface area contributed by atoms with Gasteiger partial charge in [0.1, 0.15) is 0 Å². The fourth-order valence-electron chi connectivity index (χ4n) is 2.93. The Hall–Kier alpha value is -1.26. The molecule has 1 N–H and O–H groups in total. The maximum Gasteiger partial charge on any atom is 0.228 e. The number of rotatable bonds is 3. The lowest BCUT2D eigenvalue weighted by Crippen LogP contribution is -2.37. The van der Waals surface area contributed by atoms with Crippen LogP contribution in [0.25, 0.3) is 0 Å². The van der Waals surface area contributed by atoms with Crippen LogP contribution < -0.4 is 5.32 Å². The van der Waals surface area contributed by atoms with Gasteiger partial charge in [-0.3, -0.25) is 9.59 Å². The van der Waals surface area contributed by atoms with E-state index in [0.717, 1.165) is 25.9 Å². The molecule has 1 heterocycles. The molecule has 4 nitrogen and oxygen atoms in total. The fraction of sp³-hybridized carbons (Fsp3) is 0.500. The molecule has 22 heavy (non-hydrogen) atoms. The first-order valence-electron chi connectivity index (χ1n) is 7.61. The van der Waals surface area contributed by atoms with Crippen LogP contribution in [-0.4, -0.2) is 29.8 Å². The van der Waals surface area contributed by atoms with E-state index < -0.39 is 0 Å². The van der Waals surface area contributed by atoms with Gasteiger partial charge in [-0.1, -0.05) is 29.3 Å². The van der Waals surface area contributed by atoms with Crippen molar-refractivity contribution < 1.29 is 9.59 Å². The van der Waals surface area contributed by atoms with E-state index in [1.165, 1.54) is 6.42 Å². The van der Waals surface area contributed by atoms with Gasteiger partial charge in [0.25, 0.3) is 0 Å². The predicted octanol–water partition coefficient (Wildman–Crippen LogP) is 3.58. The number of nitrogens with zero attached hydrogens (tertiary/aromatic N) is 1. The zero-order chi connectivity index (χ0) is 15.7. The summed E-state index contributed by atoms with van der Waals surface area (Å²) >= 11 is 12.0. The van der Waals surface area contributed by atoms with Crippen LogP contribution >= 0.6 is 23.2 Å². The Labute approximate surface area is 139 Å². The molecule has 0 spiro atoms. The van der Waals surface area contributed by atoms with Gasteiger partial charge in [0.05, 0.1) is 27.6 Å². The molecule has 6 heteroatoms. The summed E-state index contributed by atoms with van der Waals surface area (Å²) in [5, 5.41) is 3.50. The number of benzene rings is 1. The third-order valence-electron chi connectivity index (χ3n) is 4.32. The molecule has 1 saturated carbocycles. The van der Waals surface area contributed by atoms with Gasteiger partial charge >= 0.3 is 0 Å². The van der Waals surface area contributed by atoms with Gasteiger partial charge in [0.2, 0.25) is 11.8 Å². The largest absolute Gasteiger partial charge is 0.342 e. The van der Waals surface area contributed by atoms with E-state index in [0.29, 0.717) is 22.2 Å². The Balaban J connectivity index is 1.58. The van der Waals surface area contributed by atoms with E-state index in [-0.39, 0.29) is 23.7 Å². The zero-order valence-electron chi connectivity index (χ0n) is 12.1. The molecule has 1 aliphatic carbocycles. The van der Waals surface area contributed by atoms with E-state index in [4.69, 9.17) is 23.2 Å². The minimum Gasteiger partial charge on any atom is -0.342 e. The van der Waals surface area contributed by atoms with E-state index in [2.05, 4.69) is 5.32 Å². The second kappa shape index (κ2) is 6.47. The van der Waals surface area contributed by atoms with Gasteiger partial charge in [0.15, 0.2) is 0 Å². The molecule has 2 amide bonds. The SMILES string of the molecule is O=C(Nc1cccc(Cl)c1Cl)C1CC1C(=O)N1CCCCC1. The van der Waals surface area contributed by atoms with E-state index in [9.17, 15) is 9.59 Å². The van der Waals surface area contributed by atoms with Crippen molar-refractivity contribution in [3.05, 3.63) is 28.2 Å². The summed E-state index contributed by atoms with van der Waals surface area (Å²) in [4.78, 5) is 26.5. The first-order chi connectivity index (χ1) is 10.6. The molecule has 2 fully saturated rings. The van der Waals surface area contributed by atoms with Crippen LogP contribution in [-0.2, 0) is 9.59 Å².